The molecular weight excluding hydrogens is 404 g/mol. The summed E-state index contributed by atoms with van der Waals surface area (Å²) in [5, 5.41) is 2.77. The molecule has 1 heterocycles. The highest BCUT2D eigenvalue weighted by molar-refractivity contribution is 7.92. The topological polar surface area (TPSA) is 93.4 Å². The molecule has 2 aromatic carbocycles. The van der Waals surface area contributed by atoms with Gasteiger partial charge in [-0.15, -0.1) is 0 Å². The van der Waals surface area contributed by atoms with Crippen LogP contribution in [0.2, 0.25) is 0 Å². The van der Waals surface area contributed by atoms with Gasteiger partial charge < -0.3 is 5.32 Å². The van der Waals surface area contributed by atoms with Crippen molar-refractivity contribution in [2.24, 2.45) is 14.1 Å². The van der Waals surface area contributed by atoms with Crippen molar-refractivity contribution in [3.63, 3.8) is 0 Å². The molecule has 0 saturated carbocycles. The van der Waals surface area contributed by atoms with Gasteiger partial charge in [0.2, 0.25) is 15.9 Å². The second-order valence-electron chi connectivity index (χ2n) is 7.67. The van der Waals surface area contributed by atoms with Crippen molar-refractivity contribution in [1.29, 1.82) is 0 Å². The normalized spacial score (nSPS) is 12.7. The Hall–Kier alpha value is -3.07. The molecule has 1 aromatic heterocycles. The summed E-state index contributed by atoms with van der Waals surface area (Å²) in [6.07, 6.45) is 1.08. The van der Waals surface area contributed by atoms with E-state index in [4.69, 9.17) is 0 Å². The van der Waals surface area contributed by atoms with Crippen molar-refractivity contribution >= 4 is 38.3 Å². The number of hydrogen-bond donors (Lipinski definition) is 1. The molecule has 3 rings (SSSR count). The highest BCUT2D eigenvalue weighted by atomic mass is 32.2. The van der Waals surface area contributed by atoms with Gasteiger partial charge in [0.15, 0.2) is 0 Å². The van der Waals surface area contributed by atoms with Gasteiger partial charge in [-0.2, -0.15) is 0 Å². The summed E-state index contributed by atoms with van der Waals surface area (Å²) in [4.78, 5) is 25.1. The highest BCUT2D eigenvalue weighted by Crippen LogP contribution is 2.25. The predicted octanol–water partition coefficient (Wildman–Crippen LogP) is 2.29. The van der Waals surface area contributed by atoms with Crippen molar-refractivity contribution in [3.05, 3.63) is 58.0 Å². The first-order valence-corrected chi connectivity index (χ1v) is 11.3. The molecule has 8 nitrogen and oxygen atoms in total. The summed E-state index contributed by atoms with van der Waals surface area (Å²) >= 11 is 0. The van der Waals surface area contributed by atoms with Gasteiger partial charge >= 0.3 is 5.69 Å². The Kier molecular flexibility index (Phi) is 5.51. The van der Waals surface area contributed by atoms with E-state index in [2.05, 4.69) is 5.32 Å². The number of imidazole rings is 1. The zero-order valence-corrected chi connectivity index (χ0v) is 18.7. The summed E-state index contributed by atoms with van der Waals surface area (Å²) in [6.45, 7) is 5.30. The van der Waals surface area contributed by atoms with E-state index >= 15 is 0 Å². The zero-order chi connectivity index (χ0) is 22.4. The average molecular weight is 431 g/mol. The van der Waals surface area contributed by atoms with E-state index in [1.165, 1.54) is 9.13 Å². The van der Waals surface area contributed by atoms with Crippen LogP contribution in [0.25, 0.3) is 11.0 Å². The van der Waals surface area contributed by atoms with Crippen LogP contribution in [0, 0.1) is 13.8 Å². The Bertz CT molecular complexity index is 1280. The first-order chi connectivity index (χ1) is 13.9. The summed E-state index contributed by atoms with van der Waals surface area (Å²) in [5.41, 5.74) is 3.97. The standard InChI is InChI=1S/C21H26N4O4S/c1-13-9-14(2)11-17(10-13)25(30(6,28)29)15(3)20(26)22-16-7-8-18-19(12-16)24(5)21(27)23(18)4/h7-12,15H,1-6H3,(H,22,26)/t15-/m1/s1. The zero-order valence-electron chi connectivity index (χ0n) is 17.9. The third kappa shape index (κ3) is 3.97. The molecule has 0 aliphatic rings. The van der Waals surface area contributed by atoms with E-state index in [0.29, 0.717) is 16.9 Å². The molecule has 0 aliphatic carbocycles. The molecule has 0 unspecified atom stereocenters. The average Bonchev–Trinajstić information content (AvgIpc) is 2.84. The largest absolute Gasteiger partial charge is 0.328 e. The SMILES string of the molecule is Cc1cc(C)cc(N([C@H](C)C(=O)Nc2ccc3c(c2)n(C)c(=O)n3C)S(C)(=O)=O)c1. The lowest BCUT2D eigenvalue weighted by atomic mass is 10.1. The minimum Gasteiger partial charge on any atom is -0.324 e. The number of benzene rings is 2. The van der Waals surface area contributed by atoms with Crippen molar-refractivity contribution in [2.75, 3.05) is 15.9 Å². The number of hydrogen-bond acceptors (Lipinski definition) is 4. The molecule has 1 atom stereocenters. The molecule has 0 spiro atoms. The Balaban J connectivity index is 1.95. The molecule has 1 amide bonds. The van der Waals surface area contributed by atoms with Crippen molar-refractivity contribution in [2.45, 2.75) is 26.8 Å². The lowest BCUT2D eigenvalue weighted by molar-refractivity contribution is -0.116. The van der Waals surface area contributed by atoms with E-state index in [9.17, 15) is 18.0 Å². The van der Waals surface area contributed by atoms with Gasteiger partial charge in [0.25, 0.3) is 0 Å². The monoisotopic (exact) mass is 430 g/mol. The van der Waals surface area contributed by atoms with Crippen molar-refractivity contribution < 1.29 is 13.2 Å². The highest BCUT2D eigenvalue weighted by Gasteiger charge is 2.29. The Morgan fingerprint density at radius 2 is 1.57 bits per heavy atom. The molecule has 160 valence electrons. The number of rotatable bonds is 5. The second kappa shape index (κ2) is 7.64. The van der Waals surface area contributed by atoms with Crippen molar-refractivity contribution in [3.8, 4) is 0 Å². The maximum atomic E-state index is 12.9. The predicted molar refractivity (Wildman–Crippen MR) is 119 cm³/mol. The van der Waals surface area contributed by atoms with Crippen molar-refractivity contribution in [1.82, 2.24) is 9.13 Å². The van der Waals surface area contributed by atoms with Crippen LogP contribution in [0.3, 0.4) is 0 Å². The molecule has 0 aliphatic heterocycles. The van der Waals surface area contributed by atoms with Gasteiger partial charge in [-0.1, -0.05) is 6.07 Å². The number of carbonyl (C=O) groups is 1. The summed E-state index contributed by atoms with van der Waals surface area (Å²) in [7, 11) is -0.371. The van der Waals surface area contributed by atoms with E-state index in [0.717, 1.165) is 27.2 Å². The van der Waals surface area contributed by atoms with Crippen LogP contribution in [0.15, 0.2) is 41.2 Å². The lowest BCUT2D eigenvalue weighted by Gasteiger charge is -2.28. The fourth-order valence-electron chi connectivity index (χ4n) is 3.72. The second-order valence-corrected chi connectivity index (χ2v) is 9.53. The number of nitrogens with zero attached hydrogens (tertiary/aromatic N) is 3. The minimum atomic E-state index is -3.71. The van der Waals surface area contributed by atoms with Crippen LogP contribution in [-0.2, 0) is 28.9 Å². The molecule has 3 aromatic rings. The van der Waals surface area contributed by atoms with Gasteiger partial charge in [0.05, 0.1) is 23.0 Å². The molecule has 0 fully saturated rings. The minimum absolute atomic E-state index is 0.167. The van der Waals surface area contributed by atoms with E-state index in [-0.39, 0.29) is 5.69 Å². The van der Waals surface area contributed by atoms with Crippen LogP contribution in [0.1, 0.15) is 18.1 Å². The quantitative estimate of drug-likeness (QED) is 0.672. The number of fused-ring (bicyclic) bond motifs is 1. The van der Waals surface area contributed by atoms with Crippen LogP contribution < -0.4 is 15.3 Å². The van der Waals surface area contributed by atoms with Gasteiger partial charge in [0, 0.05) is 19.8 Å². The Labute approximate surface area is 175 Å². The lowest BCUT2D eigenvalue weighted by Crippen LogP contribution is -2.45. The molecule has 0 saturated heterocycles. The summed E-state index contributed by atoms with van der Waals surface area (Å²) in [6, 6.07) is 9.57. The fourth-order valence-corrected chi connectivity index (χ4v) is 4.88. The first-order valence-electron chi connectivity index (χ1n) is 9.44. The molecule has 0 bridgehead atoms. The first kappa shape index (κ1) is 21.6. The smallest absolute Gasteiger partial charge is 0.324 e. The maximum absolute atomic E-state index is 12.9. The fraction of sp³-hybridized carbons (Fsp3) is 0.333. The summed E-state index contributed by atoms with van der Waals surface area (Å²) < 4.78 is 29.2. The number of anilines is 2. The maximum Gasteiger partial charge on any atom is 0.328 e. The van der Waals surface area contributed by atoms with Crippen LogP contribution in [-0.4, -0.2) is 35.8 Å². The number of aryl methyl sites for hydroxylation is 4. The van der Waals surface area contributed by atoms with Crippen LogP contribution in [0.5, 0.6) is 0 Å². The number of sulfonamides is 1. The number of aromatic nitrogens is 2. The van der Waals surface area contributed by atoms with E-state index in [1.807, 2.05) is 19.9 Å². The Morgan fingerprint density at radius 3 is 2.13 bits per heavy atom. The van der Waals surface area contributed by atoms with Gasteiger partial charge in [0.1, 0.15) is 6.04 Å². The number of nitrogens with one attached hydrogen (secondary N) is 1. The van der Waals surface area contributed by atoms with E-state index < -0.39 is 22.0 Å². The molecule has 1 N–H and O–H groups in total. The van der Waals surface area contributed by atoms with Gasteiger partial charge in [-0.3, -0.25) is 18.2 Å². The third-order valence-corrected chi connectivity index (χ3v) is 6.33. The van der Waals surface area contributed by atoms with E-state index in [1.54, 1.807) is 51.4 Å². The Morgan fingerprint density at radius 1 is 1.00 bits per heavy atom. The van der Waals surface area contributed by atoms with Gasteiger partial charge in [-0.25, -0.2) is 13.2 Å². The molecule has 0 radical (unpaired) electrons. The molecular formula is C21H26N4O4S. The third-order valence-electron chi connectivity index (χ3n) is 5.09. The van der Waals surface area contributed by atoms with Crippen LogP contribution in [0.4, 0.5) is 11.4 Å². The summed E-state index contributed by atoms with van der Waals surface area (Å²) in [5.74, 6) is -0.472. The molecule has 30 heavy (non-hydrogen) atoms. The van der Waals surface area contributed by atoms with Crippen LogP contribution >= 0.6 is 0 Å². The number of amides is 1. The molecule has 9 heteroatoms. The number of carbonyl (C=O) groups excluding carboxylic acids is 1. The van der Waals surface area contributed by atoms with Gasteiger partial charge in [-0.05, 0) is 62.2 Å².